The highest BCUT2D eigenvalue weighted by Gasteiger charge is 2.08. The predicted molar refractivity (Wildman–Crippen MR) is 89.9 cm³/mol. The standard InChI is InChI=1S/C14H14BrCl2N3/c1-2-18-13-11(16)7-12(17)14(20-13)19-8-9-4-3-5-10(15)6-9/h3-7H,2,8H2,1H3,(H2,18,19,20). The van der Waals surface area contributed by atoms with Gasteiger partial charge in [-0.2, -0.15) is 0 Å². The first-order valence-corrected chi connectivity index (χ1v) is 7.73. The Hall–Kier alpha value is -0.970. The normalized spacial score (nSPS) is 10.4. The maximum atomic E-state index is 6.15. The topological polar surface area (TPSA) is 37.0 Å². The summed E-state index contributed by atoms with van der Waals surface area (Å²) in [5.74, 6) is 1.25. The van der Waals surface area contributed by atoms with Crippen molar-refractivity contribution in [3.8, 4) is 0 Å². The minimum atomic E-state index is 0.506. The number of hydrogen-bond acceptors (Lipinski definition) is 3. The summed E-state index contributed by atoms with van der Waals surface area (Å²) >= 11 is 15.7. The fraction of sp³-hybridized carbons (Fsp3) is 0.214. The molecule has 2 aromatic rings. The molecular weight excluding hydrogens is 361 g/mol. The highest BCUT2D eigenvalue weighted by molar-refractivity contribution is 9.10. The van der Waals surface area contributed by atoms with Gasteiger partial charge in [-0.1, -0.05) is 51.3 Å². The summed E-state index contributed by atoms with van der Waals surface area (Å²) in [7, 11) is 0. The third kappa shape index (κ3) is 4.01. The minimum absolute atomic E-state index is 0.506. The van der Waals surface area contributed by atoms with Gasteiger partial charge in [0.25, 0.3) is 0 Å². The second kappa shape index (κ2) is 7.16. The maximum absolute atomic E-state index is 6.15. The van der Waals surface area contributed by atoms with E-state index in [-0.39, 0.29) is 0 Å². The Balaban J connectivity index is 2.14. The van der Waals surface area contributed by atoms with Gasteiger partial charge >= 0.3 is 0 Å². The monoisotopic (exact) mass is 373 g/mol. The summed E-state index contributed by atoms with van der Waals surface area (Å²) < 4.78 is 1.04. The van der Waals surface area contributed by atoms with Crippen LogP contribution in [0.3, 0.4) is 0 Å². The van der Waals surface area contributed by atoms with Crippen LogP contribution in [0.1, 0.15) is 12.5 Å². The third-order valence-corrected chi connectivity index (χ3v) is 3.69. The molecule has 0 saturated heterocycles. The Morgan fingerprint density at radius 1 is 1.10 bits per heavy atom. The number of anilines is 2. The molecule has 0 saturated carbocycles. The van der Waals surface area contributed by atoms with E-state index in [9.17, 15) is 0 Å². The van der Waals surface area contributed by atoms with Crippen LogP contribution in [0.4, 0.5) is 11.6 Å². The predicted octanol–water partition coefficient (Wildman–Crippen LogP) is 5.19. The molecule has 1 aromatic heterocycles. The number of rotatable bonds is 5. The van der Waals surface area contributed by atoms with Gasteiger partial charge in [-0.3, -0.25) is 0 Å². The molecule has 0 aliphatic heterocycles. The van der Waals surface area contributed by atoms with E-state index in [0.717, 1.165) is 16.6 Å². The van der Waals surface area contributed by atoms with E-state index in [2.05, 4.69) is 31.5 Å². The number of nitrogens with zero attached hydrogens (tertiary/aromatic N) is 1. The van der Waals surface area contributed by atoms with E-state index in [0.29, 0.717) is 28.2 Å². The summed E-state index contributed by atoms with van der Waals surface area (Å²) in [6.07, 6.45) is 0. The highest BCUT2D eigenvalue weighted by atomic mass is 79.9. The second-order valence-electron chi connectivity index (χ2n) is 4.16. The molecule has 1 heterocycles. The van der Waals surface area contributed by atoms with Crippen molar-refractivity contribution in [1.29, 1.82) is 0 Å². The molecule has 0 fully saturated rings. The van der Waals surface area contributed by atoms with E-state index in [4.69, 9.17) is 23.2 Å². The van der Waals surface area contributed by atoms with Gasteiger partial charge in [0.15, 0.2) is 0 Å². The lowest BCUT2D eigenvalue weighted by Gasteiger charge is -2.12. The molecule has 6 heteroatoms. The van der Waals surface area contributed by atoms with Crippen molar-refractivity contribution in [3.63, 3.8) is 0 Å². The number of pyridine rings is 1. The summed E-state index contributed by atoms with van der Waals surface area (Å²) in [5.41, 5.74) is 1.14. The van der Waals surface area contributed by atoms with Crippen LogP contribution in [0.15, 0.2) is 34.8 Å². The number of nitrogens with one attached hydrogen (secondary N) is 2. The first kappa shape index (κ1) is 15.4. The van der Waals surface area contributed by atoms with Crippen molar-refractivity contribution in [2.24, 2.45) is 0 Å². The van der Waals surface area contributed by atoms with Gasteiger partial charge in [-0.15, -0.1) is 0 Å². The Kier molecular flexibility index (Phi) is 5.52. The molecule has 0 aliphatic rings. The number of hydrogen-bond donors (Lipinski definition) is 2. The second-order valence-corrected chi connectivity index (χ2v) is 5.89. The number of halogens is 3. The van der Waals surface area contributed by atoms with E-state index in [1.807, 2.05) is 31.2 Å². The van der Waals surface area contributed by atoms with Gasteiger partial charge in [0.05, 0.1) is 10.0 Å². The van der Waals surface area contributed by atoms with E-state index in [1.165, 1.54) is 0 Å². The fourth-order valence-corrected chi connectivity index (χ4v) is 2.65. The molecule has 0 bridgehead atoms. The van der Waals surface area contributed by atoms with Crippen molar-refractivity contribution in [2.75, 3.05) is 17.2 Å². The smallest absolute Gasteiger partial charge is 0.147 e. The van der Waals surface area contributed by atoms with Crippen LogP contribution in [-0.4, -0.2) is 11.5 Å². The van der Waals surface area contributed by atoms with Crippen molar-refractivity contribution in [3.05, 3.63) is 50.4 Å². The molecule has 0 aliphatic carbocycles. The molecule has 0 unspecified atom stereocenters. The van der Waals surface area contributed by atoms with Gasteiger partial charge in [0.2, 0.25) is 0 Å². The van der Waals surface area contributed by atoms with Gasteiger partial charge < -0.3 is 10.6 Å². The van der Waals surface area contributed by atoms with Gasteiger partial charge in [-0.05, 0) is 30.7 Å². The van der Waals surface area contributed by atoms with Crippen molar-refractivity contribution in [1.82, 2.24) is 4.98 Å². The van der Waals surface area contributed by atoms with Crippen molar-refractivity contribution >= 4 is 50.8 Å². The van der Waals surface area contributed by atoms with Crippen molar-refractivity contribution in [2.45, 2.75) is 13.5 Å². The zero-order valence-corrected chi connectivity index (χ0v) is 14.0. The van der Waals surface area contributed by atoms with Gasteiger partial charge in [0, 0.05) is 17.6 Å². The minimum Gasteiger partial charge on any atom is -0.369 e. The molecule has 0 amide bonds. The van der Waals surface area contributed by atoms with Crippen LogP contribution in [0, 0.1) is 0 Å². The first-order chi connectivity index (χ1) is 9.60. The Labute approximate surface area is 136 Å². The molecule has 3 nitrogen and oxygen atoms in total. The maximum Gasteiger partial charge on any atom is 0.147 e. The van der Waals surface area contributed by atoms with E-state index in [1.54, 1.807) is 6.07 Å². The molecule has 20 heavy (non-hydrogen) atoms. The average Bonchev–Trinajstić information content (AvgIpc) is 2.41. The van der Waals surface area contributed by atoms with Crippen LogP contribution in [0.25, 0.3) is 0 Å². The molecule has 1 aromatic carbocycles. The lowest BCUT2D eigenvalue weighted by atomic mass is 10.2. The lowest BCUT2D eigenvalue weighted by Crippen LogP contribution is -2.06. The number of aromatic nitrogens is 1. The van der Waals surface area contributed by atoms with Crippen molar-refractivity contribution < 1.29 is 0 Å². The Morgan fingerprint density at radius 3 is 2.45 bits per heavy atom. The van der Waals surface area contributed by atoms with Crippen LogP contribution in [0.2, 0.25) is 10.0 Å². The zero-order chi connectivity index (χ0) is 14.5. The highest BCUT2D eigenvalue weighted by Crippen LogP contribution is 2.29. The van der Waals surface area contributed by atoms with Gasteiger partial charge in [0.1, 0.15) is 11.6 Å². The fourth-order valence-electron chi connectivity index (χ4n) is 1.71. The van der Waals surface area contributed by atoms with E-state index < -0.39 is 0 Å². The molecule has 2 rings (SSSR count). The molecule has 0 atom stereocenters. The first-order valence-electron chi connectivity index (χ1n) is 6.18. The van der Waals surface area contributed by atoms with Crippen LogP contribution < -0.4 is 10.6 Å². The SMILES string of the molecule is CCNc1nc(NCc2cccc(Br)c2)c(Cl)cc1Cl. The van der Waals surface area contributed by atoms with Crippen LogP contribution >= 0.6 is 39.1 Å². The average molecular weight is 375 g/mol. The Morgan fingerprint density at radius 2 is 1.80 bits per heavy atom. The number of benzene rings is 1. The lowest BCUT2D eigenvalue weighted by molar-refractivity contribution is 1.09. The molecule has 2 N–H and O–H groups in total. The summed E-state index contributed by atoms with van der Waals surface area (Å²) in [6.45, 7) is 3.37. The summed E-state index contributed by atoms with van der Waals surface area (Å²) in [6, 6.07) is 9.74. The molecule has 0 spiro atoms. The Bertz CT molecular complexity index is 605. The van der Waals surface area contributed by atoms with Crippen LogP contribution in [-0.2, 0) is 6.54 Å². The van der Waals surface area contributed by atoms with Gasteiger partial charge in [-0.25, -0.2) is 4.98 Å². The zero-order valence-electron chi connectivity index (χ0n) is 10.9. The third-order valence-electron chi connectivity index (χ3n) is 2.62. The molecular formula is C14H14BrCl2N3. The molecule has 106 valence electrons. The molecule has 0 radical (unpaired) electrons. The van der Waals surface area contributed by atoms with E-state index >= 15 is 0 Å². The summed E-state index contributed by atoms with van der Waals surface area (Å²) in [5, 5.41) is 7.35. The van der Waals surface area contributed by atoms with Crippen LogP contribution in [0.5, 0.6) is 0 Å². The quantitative estimate of drug-likeness (QED) is 0.755. The largest absolute Gasteiger partial charge is 0.369 e. The summed E-state index contributed by atoms with van der Waals surface area (Å²) in [4.78, 5) is 4.40.